The van der Waals surface area contributed by atoms with Crippen molar-refractivity contribution in [2.24, 2.45) is 10.7 Å². The Labute approximate surface area is 133 Å². The Morgan fingerprint density at radius 1 is 1.42 bits per heavy atom. The van der Waals surface area contributed by atoms with E-state index in [4.69, 9.17) is 5.73 Å². The fourth-order valence-corrected chi connectivity index (χ4v) is 2.96. The number of hydrogen-bond acceptors (Lipinski definition) is 4. The van der Waals surface area contributed by atoms with E-state index in [0.717, 1.165) is 13.0 Å². The summed E-state index contributed by atoms with van der Waals surface area (Å²) in [6, 6.07) is 0.328. The zero-order valence-corrected chi connectivity index (χ0v) is 14.8. The van der Waals surface area contributed by atoms with Gasteiger partial charge in [-0.15, -0.1) is 24.0 Å². The van der Waals surface area contributed by atoms with E-state index in [-0.39, 0.29) is 35.5 Å². The van der Waals surface area contributed by atoms with Crippen molar-refractivity contribution in [3.8, 4) is 0 Å². The molecule has 114 valence electrons. The van der Waals surface area contributed by atoms with Gasteiger partial charge in [-0.25, -0.2) is 8.42 Å². The lowest BCUT2D eigenvalue weighted by Gasteiger charge is -2.25. The summed E-state index contributed by atoms with van der Waals surface area (Å²) in [7, 11) is -2.79. The van der Waals surface area contributed by atoms with Gasteiger partial charge >= 0.3 is 0 Å². The van der Waals surface area contributed by atoms with Crippen LogP contribution in [0.2, 0.25) is 0 Å². The predicted octanol–water partition coefficient (Wildman–Crippen LogP) is 0.0376. The van der Waals surface area contributed by atoms with Crippen molar-refractivity contribution in [2.75, 3.05) is 37.7 Å². The molecule has 1 aliphatic heterocycles. The van der Waals surface area contributed by atoms with E-state index in [1.807, 2.05) is 0 Å². The minimum atomic E-state index is -2.79. The first-order valence-electron chi connectivity index (χ1n) is 6.42. The molecule has 0 aromatic heterocycles. The number of nitrogens with zero attached hydrogens (tertiary/aromatic N) is 2. The number of guanidine groups is 1. The summed E-state index contributed by atoms with van der Waals surface area (Å²) in [4.78, 5) is 6.35. The van der Waals surface area contributed by atoms with E-state index < -0.39 is 9.84 Å². The highest BCUT2D eigenvalue weighted by Crippen LogP contribution is 2.02. The van der Waals surface area contributed by atoms with E-state index in [2.05, 4.69) is 29.1 Å². The van der Waals surface area contributed by atoms with E-state index in [1.165, 1.54) is 0 Å². The Bertz CT molecular complexity index is 372. The zero-order valence-electron chi connectivity index (χ0n) is 11.6. The highest BCUT2D eigenvalue weighted by molar-refractivity contribution is 14.0. The van der Waals surface area contributed by atoms with Gasteiger partial charge in [-0.05, 0) is 13.3 Å². The number of aliphatic imine (C=N–C) groups is 1. The molecule has 0 aromatic carbocycles. The lowest BCUT2D eigenvalue weighted by atomic mass is 10.3. The lowest BCUT2D eigenvalue weighted by molar-refractivity contribution is 0.304. The quantitative estimate of drug-likeness (QED) is 0.384. The molecule has 19 heavy (non-hydrogen) atoms. The molecule has 1 saturated heterocycles. The second kappa shape index (κ2) is 8.96. The van der Waals surface area contributed by atoms with Crippen LogP contribution >= 0.6 is 24.0 Å². The third-order valence-corrected chi connectivity index (χ3v) is 4.75. The molecule has 0 saturated carbocycles. The molecule has 0 bridgehead atoms. The fraction of sp³-hybridized carbons (Fsp3) is 0.909. The van der Waals surface area contributed by atoms with Crippen LogP contribution in [-0.4, -0.2) is 63.0 Å². The summed E-state index contributed by atoms with van der Waals surface area (Å²) in [6.07, 6.45) is 1.00. The molecule has 0 aromatic rings. The number of halogens is 1. The summed E-state index contributed by atoms with van der Waals surface area (Å²) < 4.78 is 22.5. The SMILES string of the molecule is CCC(C)NC(N)=NCCN1CCS(=O)(=O)CC1.I. The van der Waals surface area contributed by atoms with Crippen molar-refractivity contribution in [3.05, 3.63) is 0 Å². The number of nitrogens with two attached hydrogens (primary N) is 1. The van der Waals surface area contributed by atoms with Crippen LogP contribution in [0.15, 0.2) is 4.99 Å². The van der Waals surface area contributed by atoms with Gasteiger partial charge in [0.05, 0.1) is 18.1 Å². The Balaban J connectivity index is 0.00000324. The highest BCUT2D eigenvalue weighted by atomic mass is 127. The van der Waals surface area contributed by atoms with Crippen molar-refractivity contribution >= 4 is 39.8 Å². The molecular formula is C11H25IN4O2S. The first-order chi connectivity index (χ1) is 8.43. The molecule has 6 nitrogen and oxygen atoms in total. The first-order valence-corrected chi connectivity index (χ1v) is 8.24. The lowest BCUT2D eigenvalue weighted by Crippen LogP contribution is -2.42. The topological polar surface area (TPSA) is 87.8 Å². The summed E-state index contributed by atoms with van der Waals surface area (Å²) >= 11 is 0. The van der Waals surface area contributed by atoms with E-state index in [9.17, 15) is 8.42 Å². The van der Waals surface area contributed by atoms with Gasteiger partial charge in [-0.3, -0.25) is 9.89 Å². The standard InChI is InChI=1S/C11H24N4O2S.HI/c1-3-10(2)14-11(12)13-4-5-15-6-8-18(16,17)9-7-15;/h10H,3-9H2,1-2H3,(H3,12,13,14);1H. The Morgan fingerprint density at radius 3 is 2.53 bits per heavy atom. The molecule has 0 radical (unpaired) electrons. The molecule has 1 rings (SSSR count). The summed E-state index contributed by atoms with van der Waals surface area (Å²) in [5.41, 5.74) is 5.73. The van der Waals surface area contributed by atoms with Gasteiger partial charge in [0.15, 0.2) is 15.8 Å². The molecule has 1 unspecified atom stereocenters. The summed E-state index contributed by atoms with van der Waals surface area (Å²) in [5.74, 6) is 0.989. The van der Waals surface area contributed by atoms with Gasteiger partial charge in [-0.1, -0.05) is 6.92 Å². The minimum absolute atomic E-state index is 0. The number of sulfone groups is 1. The maximum Gasteiger partial charge on any atom is 0.188 e. The van der Waals surface area contributed by atoms with Crippen LogP contribution in [0.1, 0.15) is 20.3 Å². The molecule has 1 fully saturated rings. The van der Waals surface area contributed by atoms with Crippen molar-refractivity contribution in [1.82, 2.24) is 10.2 Å². The second-order valence-electron chi connectivity index (χ2n) is 4.71. The van der Waals surface area contributed by atoms with Crippen LogP contribution in [0.5, 0.6) is 0 Å². The van der Waals surface area contributed by atoms with Crippen molar-refractivity contribution < 1.29 is 8.42 Å². The van der Waals surface area contributed by atoms with Crippen molar-refractivity contribution in [1.29, 1.82) is 0 Å². The summed E-state index contributed by atoms with van der Waals surface area (Å²) in [5, 5.41) is 3.09. The smallest absolute Gasteiger partial charge is 0.188 e. The van der Waals surface area contributed by atoms with Crippen LogP contribution in [0, 0.1) is 0 Å². The molecule has 3 N–H and O–H groups in total. The normalized spacial score (nSPS) is 21.5. The van der Waals surface area contributed by atoms with Gasteiger partial charge in [-0.2, -0.15) is 0 Å². The number of hydrogen-bond donors (Lipinski definition) is 2. The maximum absolute atomic E-state index is 11.2. The molecular weight excluding hydrogens is 379 g/mol. The van der Waals surface area contributed by atoms with Crippen LogP contribution in [0.4, 0.5) is 0 Å². The monoisotopic (exact) mass is 404 g/mol. The third kappa shape index (κ3) is 7.93. The largest absolute Gasteiger partial charge is 0.370 e. The molecule has 1 atom stereocenters. The number of rotatable bonds is 5. The Hall–Kier alpha value is -0.0900. The van der Waals surface area contributed by atoms with Gasteiger partial charge in [0, 0.05) is 25.7 Å². The first kappa shape index (κ1) is 18.9. The zero-order chi connectivity index (χ0) is 13.6. The van der Waals surface area contributed by atoms with Gasteiger partial charge in [0.1, 0.15) is 0 Å². The van der Waals surface area contributed by atoms with Crippen LogP contribution in [0.25, 0.3) is 0 Å². The van der Waals surface area contributed by atoms with Crippen LogP contribution in [0.3, 0.4) is 0 Å². The molecule has 0 amide bonds. The van der Waals surface area contributed by atoms with Gasteiger partial charge < -0.3 is 11.1 Å². The molecule has 1 aliphatic rings. The fourth-order valence-electron chi connectivity index (χ4n) is 1.69. The molecule has 8 heteroatoms. The Kier molecular flexibility index (Phi) is 8.92. The molecule has 0 spiro atoms. The minimum Gasteiger partial charge on any atom is -0.370 e. The van der Waals surface area contributed by atoms with E-state index in [1.54, 1.807) is 0 Å². The summed E-state index contributed by atoms with van der Waals surface area (Å²) in [6.45, 7) is 6.72. The van der Waals surface area contributed by atoms with Crippen LogP contribution in [-0.2, 0) is 9.84 Å². The third-order valence-electron chi connectivity index (χ3n) is 3.14. The molecule has 1 heterocycles. The van der Waals surface area contributed by atoms with Gasteiger partial charge in [0.2, 0.25) is 0 Å². The predicted molar refractivity (Wildman–Crippen MR) is 89.9 cm³/mol. The highest BCUT2D eigenvalue weighted by Gasteiger charge is 2.20. The van der Waals surface area contributed by atoms with Crippen LogP contribution < -0.4 is 11.1 Å². The average Bonchev–Trinajstić information content (AvgIpc) is 2.31. The average molecular weight is 404 g/mol. The maximum atomic E-state index is 11.2. The Morgan fingerprint density at radius 2 is 2.00 bits per heavy atom. The van der Waals surface area contributed by atoms with Crippen molar-refractivity contribution in [2.45, 2.75) is 26.3 Å². The molecule has 0 aliphatic carbocycles. The van der Waals surface area contributed by atoms with Gasteiger partial charge in [0.25, 0.3) is 0 Å². The number of nitrogens with one attached hydrogen (secondary N) is 1. The van der Waals surface area contributed by atoms with E-state index in [0.29, 0.717) is 31.6 Å². The van der Waals surface area contributed by atoms with E-state index >= 15 is 0 Å². The van der Waals surface area contributed by atoms with Crippen molar-refractivity contribution in [3.63, 3.8) is 0 Å². The second-order valence-corrected chi connectivity index (χ2v) is 7.02.